The summed E-state index contributed by atoms with van der Waals surface area (Å²) in [5, 5.41) is 17.6. The molecule has 0 atom stereocenters. The minimum Gasteiger partial charge on any atom is -0.395 e. The zero-order valence-electron chi connectivity index (χ0n) is 10.7. The van der Waals surface area contributed by atoms with Crippen LogP contribution in [-0.2, 0) is 4.79 Å². The lowest BCUT2D eigenvalue weighted by Gasteiger charge is -2.20. The van der Waals surface area contributed by atoms with E-state index in [2.05, 4.69) is 6.92 Å². The van der Waals surface area contributed by atoms with Gasteiger partial charge in [-0.1, -0.05) is 32.6 Å². The standard InChI is InChI=1S/C12H25NO3.ClH/c1-2-3-4-5-6-7-12(16)13(8-10-14)9-11-15;/h14-15H,2-11H2,1H3;1H. The zero-order valence-corrected chi connectivity index (χ0v) is 11.5. The van der Waals surface area contributed by atoms with E-state index in [0.717, 1.165) is 12.8 Å². The number of hydrogen-bond donors (Lipinski definition) is 2. The number of halogens is 1. The number of rotatable bonds is 10. The van der Waals surface area contributed by atoms with Gasteiger partial charge in [-0.3, -0.25) is 4.79 Å². The van der Waals surface area contributed by atoms with Gasteiger partial charge in [-0.2, -0.15) is 0 Å². The van der Waals surface area contributed by atoms with Crippen molar-refractivity contribution in [2.75, 3.05) is 26.3 Å². The van der Waals surface area contributed by atoms with Crippen LogP contribution in [0.25, 0.3) is 0 Å². The molecule has 0 aromatic carbocycles. The zero-order chi connectivity index (χ0) is 12.2. The maximum atomic E-state index is 11.7. The summed E-state index contributed by atoms with van der Waals surface area (Å²) in [6.07, 6.45) is 6.14. The van der Waals surface area contributed by atoms with Crippen molar-refractivity contribution in [2.24, 2.45) is 0 Å². The van der Waals surface area contributed by atoms with Gasteiger partial charge in [-0.25, -0.2) is 0 Å². The molecule has 0 unspecified atom stereocenters. The highest BCUT2D eigenvalue weighted by atomic mass is 35.5. The molecule has 1 amide bonds. The van der Waals surface area contributed by atoms with E-state index in [1.807, 2.05) is 0 Å². The number of hydrogen-bond acceptors (Lipinski definition) is 3. The highest BCUT2D eigenvalue weighted by Crippen LogP contribution is 2.06. The summed E-state index contributed by atoms with van der Waals surface area (Å²) in [6.45, 7) is 2.74. The first kappa shape index (κ1) is 19.0. The molecule has 17 heavy (non-hydrogen) atoms. The van der Waals surface area contributed by atoms with Crippen molar-refractivity contribution in [3.8, 4) is 0 Å². The molecule has 0 radical (unpaired) electrons. The molecule has 0 saturated carbocycles. The molecule has 0 aliphatic carbocycles. The van der Waals surface area contributed by atoms with Crippen LogP contribution < -0.4 is 0 Å². The molecule has 0 bridgehead atoms. The quantitative estimate of drug-likeness (QED) is 0.591. The Labute approximate surface area is 110 Å². The Kier molecular flexibility index (Phi) is 15.4. The number of amides is 1. The van der Waals surface area contributed by atoms with E-state index in [1.165, 1.54) is 24.2 Å². The van der Waals surface area contributed by atoms with Crippen LogP contribution in [0.5, 0.6) is 0 Å². The van der Waals surface area contributed by atoms with E-state index >= 15 is 0 Å². The summed E-state index contributed by atoms with van der Waals surface area (Å²) >= 11 is 0. The number of aliphatic hydroxyl groups excluding tert-OH is 2. The van der Waals surface area contributed by atoms with Crippen LogP contribution in [0.4, 0.5) is 0 Å². The minimum absolute atomic E-state index is 0. The Morgan fingerprint density at radius 3 is 2.00 bits per heavy atom. The third kappa shape index (κ3) is 10.5. The lowest BCUT2D eigenvalue weighted by molar-refractivity contribution is -0.132. The lowest BCUT2D eigenvalue weighted by Crippen LogP contribution is -2.35. The van der Waals surface area contributed by atoms with E-state index in [-0.39, 0.29) is 31.5 Å². The van der Waals surface area contributed by atoms with Crippen LogP contribution >= 0.6 is 12.4 Å². The Balaban J connectivity index is 0. The molecule has 2 N–H and O–H groups in total. The molecular formula is C12H26ClNO3. The van der Waals surface area contributed by atoms with E-state index in [9.17, 15) is 4.79 Å². The summed E-state index contributed by atoms with van der Waals surface area (Å²) in [5.41, 5.74) is 0. The van der Waals surface area contributed by atoms with E-state index in [0.29, 0.717) is 19.5 Å². The smallest absolute Gasteiger partial charge is 0.222 e. The largest absolute Gasteiger partial charge is 0.395 e. The van der Waals surface area contributed by atoms with Crippen LogP contribution in [0.2, 0.25) is 0 Å². The van der Waals surface area contributed by atoms with Crippen LogP contribution in [0, 0.1) is 0 Å². The molecule has 104 valence electrons. The van der Waals surface area contributed by atoms with Crippen molar-refractivity contribution in [3.63, 3.8) is 0 Å². The highest BCUT2D eigenvalue weighted by molar-refractivity contribution is 5.85. The fraction of sp³-hybridized carbons (Fsp3) is 0.917. The third-order valence-electron chi connectivity index (χ3n) is 2.59. The Morgan fingerprint density at radius 1 is 1.00 bits per heavy atom. The monoisotopic (exact) mass is 267 g/mol. The molecule has 0 heterocycles. The molecule has 0 rings (SSSR count). The second-order valence-electron chi connectivity index (χ2n) is 3.99. The first-order valence-electron chi connectivity index (χ1n) is 6.25. The number of aliphatic hydroxyl groups is 2. The second-order valence-corrected chi connectivity index (χ2v) is 3.99. The maximum Gasteiger partial charge on any atom is 0.222 e. The topological polar surface area (TPSA) is 60.8 Å². The van der Waals surface area contributed by atoms with Gasteiger partial charge in [0.15, 0.2) is 0 Å². The van der Waals surface area contributed by atoms with Gasteiger partial charge in [-0.05, 0) is 6.42 Å². The Morgan fingerprint density at radius 2 is 1.53 bits per heavy atom. The highest BCUT2D eigenvalue weighted by Gasteiger charge is 2.11. The average Bonchev–Trinajstić information content (AvgIpc) is 2.28. The van der Waals surface area contributed by atoms with Gasteiger partial charge in [0.25, 0.3) is 0 Å². The van der Waals surface area contributed by atoms with E-state index in [4.69, 9.17) is 10.2 Å². The maximum absolute atomic E-state index is 11.7. The first-order chi connectivity index (χ1) is 7.76. The van der Waals surface area contributed by atoms with Gasteiger partial charge < -0.3 is 15.1 Å². The van der Waals surface area contributed by atoms with Crippen LogP contribution in [0.15, 0.2) is 0 Å². The fourth-order valence-electron chi connectivity index (χ4n) is 1.64. The van der Waals surface area contributed by atoms with Crippen molar-refractivity contribution < 1.29 is 15.0 Å². The summed E-state index contributed by atoms with van der Waals surface area (Å²) in [5.74, 6) is 0.0413. The van der Waals surface area contributed by atoms with Crippen molar-refractivity contribution in [2.45, 2.75) is 45.4 Å². The molecule has 0 aromatic heterocycles. The van der Waals surface area contributed by atoms with Crippen molar-refractivity contribution in [3.05, 3.63) is 0 Å². The summed E-state index contributed by atoms with van der Waals surface area (Å²) in [6, 6.07) is 0. The second kappa shape index (κ2) is 13.7. The molecule has 0 aromatic rings. The van der Waals surface area contributed by atoms with Gasteiger partial charge in [-0.15, -0.1) is 12.4 Å². The van der Waals surface area contributed by atoms with E-state index in [1.54, 1.807) is 0 Å². The molecule has 0 fully saturated rings. The average molecular weight is 268 g/mol. The van der Waals surface area contributed by atoms with Gasteiger partial charge in [0.2, 0.25) is 5.91 Å². The van der Waals surface area contributed by atoms with E-state index < -0.39 is 0 Å². The molecular weight excluding hydrogens is 242 g/mol. The van der Waals surface area contributed by atoms with Crippen LogP contribution in [-0.4, -0.2) is 47.3 Å². The van der Waals surface area contributed by atoms with Gasteiger partial charge in [0, 0.05) is 19.5 Å². The number of nitrogens with zero attached hydrogens (tertiary/aromatic N) is 1. The van der Waals surface area contributed by atoms with Gasteiger partial charge in [0.05, 0.1) is 13.2 Å². The summed E-state index contributed by atoms with van der Waals surface area (Å²) in [4.78, 5) is 13.2. The van der Waals surface area contributed by atoms with Gasteiger partial charge in [0.1, 0.15) is 0 Å². The SMILES string of the molecule is CCCCCCCC(=O)N(CCO)CCO.Cl. The number of carbonyl (C=O) groups is 1. The molecule has 0 saturated heterocycles. The fourth-order valence-corrected chi connectivity index (χ4v) is 1.64. The summed E-state index contributed by atoms with van der Waals surface area (Å²) in [7, 11) is 0. The molecule has 0 aliphatic heterocycles. The number of unbranched alkanes of at least 4 members (excludes halogenated alkanes) is 4. The Bertz CT molecular complexity index is 173. The van der Waals surface area contributed by atoms with Crippen molar-refractivity contribution >= 4 is 18.3 Å². The predicted molar refractivity (Wildman–Crippen MR) is 71.4 cm³/mol. The summed E-state index contributed by atoms with van der Waals surface area (Å²) < 4.78 is 0. The first-order valence-corrected chi connectivity index (χ1v) is 6.25. The normalized spacial score (nSPS) is 9.82. The van der Waals surface area contributed by atoms with Crippen LogP contribution in [0.3, 0.4) is 0 Å². The minimum atomic E-state index is -0.0401. The van der Waals surface area contributed by atoms with Crippen LogP contribution in [0.1, 0.15) is 45.4 Å². The Hall–Kier alpha value is -0.320. The number of carbonyl (C=O) groups excluding carboxylic acids is 1. The molecule has 4 nitrogen and oxygen atoms in total. The van der Waals surface area contributed by atoms with Crippen molar-refractivity contribution in [1.29, 1.82) is 0 Å². The molecule has 0 aliphatic rings. The molecule has 5 heteroatoms. The van der Waals surface area contributed by atoms with Gasteiger partial charge >= 0.3 is 0 Å². The third-order valence-corrected chi connectivity index (χ3v) is 2.59. The lowest BCUT2D eigenvalue weighted by atomic mass is 10.1. The van der Waals surface area contributed by atoms with Crippen molar-refractivity contribution in [1.82, 2.24) is 4.90 Å². The predicted octanol–water partition coefficient (Wildman–Crippen LogP) is 1.58. The molecule has 0 spiro atoms.